The van der Waals surface area contributed by atoms with Gasteiger partial charge in [-0.2, -0.15) is 0 Å². The molecule has 0 radical (unpaired) electrons. The molecule has 0 saturated heterocycles. The van der Waals surface area contributed by atoms with Crippen molar-refractivity contribution in [2.24, 2.45) is 0 Å². The van der Waals surface area contributed by atoms with Crippen LogP contribution in [0.3, 0.4) is 0 Å². The van der Waals surface area contributed by atoms with E-state index in [1.54, 1.807) is 12.1 Å². The Morgan fingerprint density at radius 1 is 0.938 bits per heavy atom. The Morgan fingerprint density at radius 3 is 2.09 bits per heavy atom. The maximum atomic E-state index is 12.0. The average Bonchev–Trinajstić information content (AvgIpc) is 2.75. The van der Waals surface area contributed by atoms with Crippen molar-refractivity contribution in [1.82, 2.24) is 0 Å². The second kappa shape index (κ2) is 11.0. The zero-order valence-corrected chi connectivity index (χ0v) is 18.2. The lowest BCUT2D eigenvalue weighted by molar-refractivity contribution is -0.384. The summed E-state index contributed by atoms with van der Waals surface area (Å²) in [6.07, 6.45) is 2.18. The Bertz CT molecular complexity index is 1000. The highest BCUT2D eigenvalue weighted by Gasteiger charge is 2.15. The number of carbonyl (C=O) groups is 3. The van der Waals surface area contributed by atoms with E-state index in [2.05, 4.69) is 20.8 Å². The summed E-state index contributed by atoms with van der Waals surface area (Å²) in [6, 6.07) is 12.7. The summed E-state index contributed by atoms with van der Waals surface area (Å²) in [5.74, 6) is -1.75. The van der Waals surface area contributed by atoms with Crippen LogP contribution in [0.1, 0.15) is 48.7 Å². The van der Waals surface area contributed by atoms with E-state index in [4.69, 9.17) is 9.47 Å². The van der Waals surface area contributed by atoms with Gasteiger partial charge in [-0.1, -0.05) is 39.0 Å². The second-order valence-corrected chi connectivity index (χ2v) is 8.01. The maximum Gasteiger partial charge on any atom is 0.338 e. The number of rotatable bonds is 9. The number of nitro groups is 1. The molecule has 0 unspecified atom stereocenters. The lowest BCUT2D eigenvalue weighted by atomic mass is 9.87. The number of nitro benzene ring substituents is 1. The quantitative estimate of drug-likeness (QED) is 0.143. The van der Waals surface area contributed by atoms with Gasteiger partial charge in [-0.15, -0.1) is 0 Å². The van der Waals surface area contributed by atoms with E-state index in [1.165, 1.54) is 36.4 Å². The van der Waals surface area contributed by atoms with Crippen LogP contribution < -0.4 is 0 Å². The van der Waals surface area contributed by atoms with E-state index in [1.807, 2.05) is 12.1 Å². The third-order valence-electron chi connectivity index (χ3n) is 4.45. The Kier molecular flexibility index (Phi) is 8.40. The zero-order chi connectivity index (χ0) is 23.7. The van der Waals surface area contributed by atoms with Crippen molar-refractivity contribution in [1.29, 1.82) is 0 Å². The molecule has 0 heterocycles. The van der Waals surface area contributed by atoms with Gasteiger partial charge in [0.05, 0.1) is 10.5 Å². The number of benzene rings is 2. The van der Waals surface area contributed by atoms with Crippen LogP contribution in [0.4, 0.5) is 5.69 Å². The first-order valence-electron chi connectivity index (χ1n) is 9.95. The second-order valence-electron chi connectivity index (χ2n) is 8.01. The van der Waals surface area contributed by atoms with Gasteiger partial charge < -0.3 is 9.47 Å². The number of allylic oxidation sites excluding steroid dienone is 1. The standard InChI is InChI=1S/C24H25NO7/c1-24(2,3)19-9-7-18(8-10-19)23(28)32-15-14-31-22(27)16-21(26)13-6-17-4-11-20(12-5-17)25(29)30/h4-13H,14-16H2,1-3H3. The van der Waals surface area contributed by atoms with Crippen molar-refractivity contribution in [2.45, 2.75) is 32.6 Å². The van der Waals surface area contributed by atoms with Crippen LogP contribution in [-0.4, -0.2) is 35.9 Å². The molecule has 2 aromatic carbocycles. The van der Waals surface area contributed by atoms with Gasteiger partial charge in [0.15, 0.2) is 5.78 Å². The molecule has 2 aromatic rings. The molecule has 168 valence electrons. The number of esters is 2. The smallest absolute Gasteiger partial charge is 0.338 e. The summed E-state index contributed by atoms with van der Waals surface area (Å²) in [6.45, 7) is 5.93. The van der Waals surface area contributed by atoms with Crippen LogP contribution in [0.2, 0.25) is 0 Å². The Hall–Kier alpha value is -3.81. The van der Waals surface area contributed by atoms with Crippen molar-refractivity contribution < 1.29 is 28.8 Å². The molecule has 8 heteroatoms. The van der Waals surface area contributed by atoms with E-state index in [0.29, 0.717) is 11.1 Å². The maximum absolute atomic E-state index is 12.0. The van der Waals surface area contributed by atoms with Gasteiger partial charge in [0.2, 0.25) is 0 Å². The molecule has 0 atom stereocenters. The van der Waals surface area contributed by atoms with Gasteiger partial charge in [-0.05, 0) is 46.9 Å². The molecular formula is C24H25NO7. The van der Waals surface area contributed by atoms with Crippen LogP contribution in [0, 0.1) is 10.1 Å². The summed E-state index contributed by atoms with van der Waals surface area (Å²) in [5.41, 5.74) is 2.00. The van der Waals surface area contributed by atoms with Crippen molar-refractivity contribution in [3.05, 3.63) is 81.4 Å². The minimum Gasteiger partial charge on any atom is -0.462 e. The van der Waals surface area contributed by atoms with E-state index in [-0.39, 0.29) is 24.3 Å². The van der Waals surface area contributed by atoms with Crippen LogP contribution >= 0.6 is 0 Å². The molecule has 2 rings (SSSR count). The van der Waals surface area contributed by atoms with E-state index in [9.17, 15) is 24.5 Å². The summed E-state index contributed by atoms with van der Waals surface area (Å²) in [4.78, 5) is 45.7. The number of hydrogen-bond acceptors (Lipinski definition) is 7. The summed E-state index contributed by atoms with van der Waals surface area (Å²) in [7, 11) is 0. The van der Waals surface area contributed by atoms with Gasteiger partial charge in [0.25, 0.3) is 5.69 Å². The number of ketones is 1. The third kappa shape index (κ3) is 7.79. The molecule has 0 aromatic heterocycles. The Balaban J connectivity index is 1.70. The van der Waals surface area contributed by atoms with Gasteiger partial charge in [0, 0.05) is 12.1 Å². The number of carbonyl (C=O) groups excluding carboxylic acids is 3. The SMILES string of the molecule is CC(C)(C)c1ccc(C(=O)OCCOC(=O)CC(=O)C=Cc2ccc([N+](=O)[O-])cc2)cc1. The Morgan fingerprint density at radius 2 is 1.53 bits per heavy atom. The molecule has 0 spiro atoms. The Labute approximate surface area is 186 Å². The van der Waals surface area contributed by atoms with Crippen LogP contribution in [0.5, 0.6) is 0 Å². The lowest BCUT2D eigenvalue weighted by Crippen LogP contribution is -2.16. The first-order chi connectivity index (χ1) is 15.1. The molecule has 0 aliphatic rings. The normalized spacial score (nSPS) is 11.2. The molecule has 32 heavy (non-hydrogen) atoms. The molecule has 0 fully saturated rings. The number of ether oxygens (including phenoxy) is 2. The first-order valence-corrected chi connectivity index (χ1v) is 9.95. The molecule has 0 saturated carbocycles. The molecule has 8 nitrogen and oxygen atoms in total. The average molecular weight is 439 g/mol. The van der Waals surface area contributed by atoms with Crippen LogP contribution in [0.15, 0.2) is 54.6 Å². The fraction of sp³-hybridized carbons (Fsp3) is 0.292. The largest absolute Gasteiger partial charge is 0.462 e. The highest BCUT2D eigenvalue weighted by Crippen LogP contribution is 2.22. The summed E-state index contributed by atoms with van der Waals surface area (Å²) >= 11 is 0. The first kappa shape index (κ1) is 24.5. The fourth-order valence-corrected chi connectivity index (χ4v) is 2.63. The molecule has 0 aliphatic heterocycles. The van der Waals surface area contributed by atoms with Crippen LogP contribution in [-0.2, 0) is 24.5 Å². The minimum absolute atomic E-state index is 0.0227. The van der Waals surface area contributed by atoms with E-state index in [0.717, 1.165) is 5.56 Å². The van der Waals surface area contributed by atoms with Gasteiger partial charge in [-0.3, -0.25) is 19.7 Å². The minimum atomic E-state index is -0.742. The number of hydrogen-bond donors (Lipinski definition) is 0. The molecule has 0 aliphatic carbocycles. The topological polar surface area (TPSA) is 113 Å². The van der Waals surface area contributed by atoms with E-state index >= 15 is 0 Å². The molecule has 0 amide bonds. The van der Waals surface area contributed by atoms with Gasteiger partial charge >= 0.3 is 11.9 Å². The molecular weight excluding hydrogens is 414 g/mol. The van der Waals surface area contributed by atoms with E-state index < -0.39 is 29.1 Å². The van der Waals surface area contributed by atoms with Crippen molar-refractivity contribution in [2.75, 3.05) is 13.2 Å². The molecule has 0 bridgehead atoms. The lowest BCUT2D eigenvalue weighted by Gasteiger charge is -2.18. The third-order valence-corrected chi connectivity index (χ3v) is 4.45. The predicted molar refractivity (Wildman–Crippen MR) is 118 cm³/mol. The van der Waals surface area contributed by atoms with Crippen molar-refractivity contribution in [3.63, 3.8) is 0 Å². The van der Waals surface area contributed by atoms with Gasteiger partial charge in [0.1, 0.15) is 19.6 Å². The number of nitrogens with zero attached hydrogens (tertiary/aromatic N) is 1. The van der Waals surface area contributed by atoms with Crippen molar-refractivity contribution in [3.8, 4) is 0 Å². The highest BCUT2D eigenvalue weighted by molar-refractivity contribution is 6.03. The highest BCUT2D eigenvalue weighted by atomic mass is 16.6. The van der Waals surface area contributed by atoms with Gasteiger partial charge in [-0.25, -0.2) is 4.79 Å². The van der Waals surface area contributed by atoms with Crippen molar-refractivity contribution >= 4 is 29.5 Å². The predicted octanol–water partition coefficient (Wildman–Crippen LogP) is 4.26. The van der Waals surface area contributed by atoms with Crippen LogP contribution in [0.25, 0.3) is 6.08 Å². The molecule has 0 N–H and O–H groups in total. The summed E-state index contributed by atoms with van der Waals surface area (Å²) < 4.78 is 9.99. The zero-order valence-electron chi connectivity index (χ0n) is 18.2. The fourth-order valence-electron chi connectivity index (χ4n) is 2.63. The summed E-state index contributed by atoms with van der Waals surface area (Å²) in [5, 5.41) is 10.6. The monoisotopic (exact) mass is 439 g/mol. The number of non-ortho nitro benzene ring substituents is 1.